The highest BCUT2D eigenvalue weighted by Crippen LogP contribution is 2.35. The first-order valence-corrected chi connectivity index (χ1v) is 7.16. The highest BCUT2D eigenvalue weighted by Gasteiger charge is 2.09. The van der Waals surface area contributed by atoms with Gasteiger partial charge in [0.15, 0.2) is 0 Å². The van der Waals surface area contributed by atoms with Crippen molar-refractivity contribution in [3.63, 3.8) is 0 Å². The van der Waals surface area contributed by atoms with E-state index >= 15 is 0 Å². The Morgan fingerprint density at radius 2 is 1.94 bits per heavy atom. The lowest BCUT2D eigenvalue weighted by atomic mass is 10.3. The van der Waals surface area contributed by atoms with Gasteiger partial charge in [0.25, 0.3) is 0 Å². The summed E-state index contributed by atoms with van der Waals surface area (Å²) >= 11 is 3.34. The van der Waals surface area contributed by atoms with Gasteiger partial charge in [-0.2, -0.15) is 0 Å². The van der Waals surface area contributed by atoms with Crippen molar-refractivity contribution < 1.29 is 0 Å². The third kappa shape index (κ3) is 2.07. The highest BCUT2D eigenvalue weighted by molar-refractivity contribution is 7.99. The molecule has 0 aliphatic carbocycles. The Kier molecular flexibility index (Phi) is 2.93. The molecule has 2 N–H and O–H groups in total. The number of benzene rings is 1. The molecule has 1 aromatic carbocycles. The number of thiophene rings is 1. The summed E-state index contributed by atoms with van der Waals surface area (Å²) in [6.45, 7) is 2.07. The molecule has 0 bridgehead atoms. The molecular weight excluding hydrogens is 262 g/mol. The monoisotopic (exact) mass is 273 g/mol. The summed E-state index contributed by atoms with van der Waals surface area (Å²) in [5, 5.41) is 3.12. The van der Waals surface area contributed by atoms with Crippen LogP contribution in [-0.2, 0) is 0 Å². The van der Waals surface area contributed by atoms with Gasteiger partial charge in [0.05, 0.1) is 10.2 Å². The van der Waals surface area contributed by atoms with Crippen LogP contribution >= 0.6 is 23.1 Å². The molecule has 0 atom stereocenters. The second kappa shape index (κ2) is 4.59. The summed E-state index contributed by atoms with van der Waals surface area (Å²) in [4.78, 5) is 9.83. The van der Waals surface area contributed by atoms with Gasteiger partial charge in [0.1, 0.15) is 11.4 Å². The van der Waals surface area contributed by atoms with Gasteiger partial charge in [-0.1, -0.05) is 11.8 Å². The summed E-state index contributed by atoms with van der Waals surface area (Å²) in [7, 11) is 0. The predicted molar refractivity (Wildman–Crippen MR) is 77.1 cm³/mol. The number of fused-ring (bicyclic) bond motifs is 1. The van der Waals surface area contributed by atoms with Crippen LogP contribution in [0.2, 0.25) is 0 Å². The number of hydrogen-bond acceptors (Lipinski definition) is 5. The van der Waals surface area contributed by atoms with Gasteiger partial charge in [-0.15, -0.1) is 11.3 Å². The van der Waals surface area contributed by atoms with E-state index in [1.165, 1.54) is 5.56 Å². The second-order valence-electron chi connectivity index (χ2n) is 3.95. The number of aryl methyl sites for hydroxylation is 1. The van der Waals surface area contributed by atoms with Crippen molar-refractivity contribution in [1.29, 1.82) is 0 Å². The fraction of sp³-hybridized carbons (Fsp3) is 0.0769. The van der Waals surface area contributed by atoms with E-state index in [9.17, 15) is 0 Å². The molecule has 3 nitrogen and oxygen atoms in total. The normalized spacial score (nSPS) is 10.9. The summed E-state index contributed by atoms with van der Waals surface area (Å²) in [5.74, 6) is 0. The largest absolute Gasteiger partial charge is 0.399 e. The molecule has 0 saturated carbocycles. The smallest absolute Gasteiger partial charge is 0.122 e. The van der Waals surface area contributed by atoms with Crippen molar-refractivity contribution in [1.82, 2.24) is 9.97 Å². The van der Waals surface area contributed by atoms with Crippen LogP contribution in [0.25, 0.3) is 10.2 Å². The van der Waals surface area contributed by atoms with Gasteiger partial charge in [0.2, 0.25) is 0 Å². The molecule has 2 heterocycles. The third-order valence-corrected chi connectivity index (χ3v) is 4.83. The molecule has 3 rings (SSSR count). The zero-order chi connectivity index (χ0) is 12.5. The minimum Gasteiger partial charge on any atom is -0.399 e. The van der Waals surface area contributed by atoms with Gasteiger partial charge >= 0.3 is 0 Å². The molecule has 0 saturated heterocycles. The summed E-state index contributed by atoms with van der Waals surface area (Å²) in [6, 6.07) is 7.82. The van der Waals surface area contributed by atoms with E-state index in [1.807, 2.05) is 24.3 Å². The first-order chi connectivity index (χ1) is 8.74. The SMILES string of the molecule is Cc1csc2c(Sc3ccc(N)cc3)ncnc12. The van der Waals surface area contributed by atoms with Crippen molar-refractivity contribution in [3.05, 3.63) is 41.5 Å². The summed E-state index contributed by atoms with van der Waals surface area (Å²) in [5.41, 5.74) is 8.71. The molecule has 2 aromatic heterocycles. The van der Waals surface area contributed by atoms with Crippen molar-refractivity contribution in [2.45, 2.75) is 16.8 Å². The first kappa shape index (κ1) is 11.5. The van der Waals surface area contributed by atoms with Gasteiger partial charge in [0, 0.05) is 10.6 Å². The number of nitrogens with two attached hydrogens (primary N) is 1. The Morgan fingerprint density at radius 1 is 1.17 bits per heavy atom. The number of aromatic nitrogens is 2. The fourth-order valence-electron chi connectivity index (χ4n) is 1.67. The van der Waals surface area contributed by atoms with Crippen LogP contribution in [0.15, 0.2) is 45.9 Å². The zero-order valence-corrected chi connectivity index (χ0v) is 11.4. The topological polar surface area (TPSA) is 51.8 Å². The van der Waals surface area contributed by atoms with E-state index in [-0.39, 0.29) is 0 Å². The minimum atomic E-state index is 0.777. The van der Waals surface area contributed by atoms with E-state index in [4.69, 9.17) is 5.73 Å². The minimum absolute atomic E-state index is 0.777. The van der Waals surface area contributed by atoms with Gasteiger partial charge in [-0.3, -0.25) is 0 Å². The molecule has 3 aromatic rings. The van der Waals surface area contributed by atoms with Crippen LogP contribution in [-0.4, -0.2) is 9.97 Å². The van der Waals surface area contributed by atoms with Crippen LogP contribution in [0.4, 0.5) is 5.69 Å². The van der Waals surface area contributed by atoms with Gasteiger partial charge in [-0.05, 0) is 42.1 Å². The molecule has 0 amide bonds. The van der Waals surface area contributed by atoms with Crippen LogP contribution in [0.3, 0.4) is 0 Å². The van der Waals surface area contributed by atoms with E-state index < -0.39 is 0 Å². The van der Waals surface area contributed by atoms with E-state index in [2.05, 4.69) is 22.3 Å². The molecule has 18 heavy (non-hydrogen) atoms. The van der Waals surface area contributed by atoms with E-state index in [1.54, 1.807) is 29.4 Å². The number of rotatable bonds is 2. The van der Waals surface area contributed by atoms with E-state index in [0.717, 1.165) is 25.8 Å². The maximum atomic E-state index is 5.68. The van der Waals surface area contributed by atoms with Crippen molar-refractivity contribution in [3.8, 4) is 0 Å². The Balaban J connectivity index is 2.02. The first-order valence-electron chi connectivity index (χ1n) is 5.46. The predicted octanol–water partition coefficient (Wildman–Crippen LogP) is 3.73. The average Bonchev–Trinajstić information content (AvgIpc) is 2.76. The van der Waals surface area contributed by atoms with Crippen LogP contribution in [0, 0.1) is 6.92 Å². The fourth-order valence-corrected chi connectivity index (χ4v) is 3.61. The molecule has 5 heteroatoms. The van der Waals surface area contributed by atoms with Crippen molar-refractivity contribution in [2.75, 3.05) is 5.73 Å². The van der Waals surface area contributed by atoms with Crippen LogP contribution in [0.1, 0.15) is 5.56 Å². The van der Waals surface area contributed by atoms with Crippen molar-refractivity contribution in [2.24, 2.45) is 0 Å². The molecule has 0 unspecified atom stereocenters. The maximum Gasteiger partial charge on any atom is 0.122 e. The average molecular weight is 273 g/mol. The molecule has 90 valence electrons. The number of hydrogen-bond donors (Lipinski definition) is 1. The Morgan fingerprint density at radius 3 is 2.72 bits per heavy atom. The highest BCUT2D eigenvalue weighted by atomic mass is 32.2. The standard InChI is InChI=1S/C13H11N3S2/c1-8-6-17-12-11(8)15-7-16-13(12)18-10-4-2-9(14)3-5-10/h2-7H,14H2,1H3. The third-order valence-electron chi connectivity index (χ3n) is 2.59. The molecule has 0 aliphatic rings. The van der Waals surface area contributed by atoms with Crippen molar-refractivity contribution >= 4 is 39.0 Å². The van der Waals surface area contributed by atoms with E-state index in [0.29, 0.717) is 0 Å². The Labute approximate surface area is 113 Å². The van der Waals surface area contributed by atoms with Crippen LogP contribution < -0.4 is 5.73 Å². The summed E-state index contributed by atoms with van der Waals surface area (Å²) < 4.78 is 1.15. The zero-order valence-electron chi connectivity index (χ0n) is 9.75. The molecular formula is C13H11N3S2. The molecule has 0 spiro atoms. The molecule has 0 radical (unpaired) electrons. The molecule has 0 aliphatic heterocycles. The lowest BCUT2D eigenvalue weighted by molar-refractivity contribution is 1.11. The second-order valence-corrected chi connectivity index (χ2v) is 5.89. The lowest BCUT2D eigenvalue weighted by Gasteiger charge is -2.02. The van der Waals surface area contributed by atoms with Crippen LogP contribution in [0.5, 0.6) is 0 Å². The number of nitrogens with zero attached hydrogens (tertiary/aromatic N) is 2. The quantitative estimate of drug-likeness (QED) is 0.571. The number of nitrogen functional groups attached to an aromatic ring is 1. The van der Waals surface area contributed by atoms with Gasteiger partial charge in [-0.25, -0.2) is 9.97 Å². The lowest BCUT2D eigenvalue weighted by Crippen LogP contribution is -1.85. The molecule has 0 fully saturated rings. The Hall–Kier alpha value is -1.59. The summed E-state index contributed by atoms with van der Waals surface area (Å²) in [6.07, 6.45) is 1.63. The van der Waals surface area contributed by atoms with Gasteiger partial charge < -0.3 is 5.73 Å². The number of anilines is 1. The Bertz CT molecular complexity index is 689. The maximum absolute atomic E-state index is 5.68.